The second-order valence-electron chi connectivity index (χ2n) is 14.5. The third-order valence-electron chi connectivity index (χ3n) is 7.67. The van der Waals surface area contributed by atoms with Gasteiger partial charge in [-0.2, -0.15) is 4.31 Å². The maximum atomic E-state index is 14.0. The van der Waals surface area contributed by atoms with Gasteiger partial charge in [-0.05, 0) is 95.2 Å². The lowest BCUT2D eigenvalue weighted by Crippen LogP contribution is -2.59. The van der Waals surface area contributed by atoms with Crippen LogP contribution in [0.5, 0.6) is 0 Å². The molecule has 0 radical (unpaired) electrons. The van der Waals surface area contributed by atoms with Crippen molar-refractivity contribution < 1.29 is 23.1 Å². The van der Waals surface area contributed by atoms with E-state index in [2.05, 4.69) is 29.8 Å². The van der Waals surface area contributed by atoms with Crippen molar-refractivity contribution in [3.05, 3.63) is 78.4 Å². The topological polar surface area (TPSA) is 128 Å². The van der Waals surface area contributed by atoms with Crippen molar-refractivity contribution >= 4 is 32.7 Å². The van der Waals surface area contributed by atoms with E-state index in [1.165, 1.54) is 4.31 Å². The van der Waals surface area contributed by atoms with Crippen molar-refractivity contribution in [3.63, 3.8) is 0 Å². The minimum absolute atomic E-state index is 0.0950. The zero-order valence-electron chi connectivity index (χ0n) is 28.5. The van der Waals surface area contributed by atoms with E-state index >= 15 is 0 Å². The fourth-order valence-corrected chi connectivity index (χ4v) is 7.09. The fraction of sp³-hybridized carbons (Fsp3) is 0.500. The van der Waals surface area contributed by atoms with Gasteiger partial charge in [0, 0.05) is 11.1 Å². The summed E-state index contributed by atoms with van der Waals surface area (Å²) in [6.07, 6.45) is 0.350. The fourth-order valence-electron chi connectivity index (χ4n) is 5.31. The Morgan fingerprint density at radius 2 is 1.41 bits per heavy atom. The molecule has 0 aliphatic carbocycles. The highest BCUT2D eigenvalue weighted by atomic mass is 32.2. The van der Waals surface area contributed by atoms with Crippen LogP contribution in [0, 0.1) is 5.92 Å². The molecule has 3 aromatic carbocycles. The van der Waals surface area contributed by atoms with Gasteiger partial charge in [-0.15, -0.1) is 0 Å². The SMILES string of the molecule is CC(C)CCC(NC(=O)NC(C)(C)C)[C@H](O)[C@H](Cc1ccccc1)NC(=O)CN(C(C)(C)C)S(=O)(=O)c1ccc2ccccc2c1. The number of aliphatic hydroxyl groups excluding tert-OH is 1. The van der Waals surface area contributed by atoms with Gasteiger partial charge in [0.1, 0.15) is 0 Å². The summed E-state index contributed by atoms with van der Waals surface area (Å²) >= 11 is 0. The van der Waals surface area contributed by atoms with Crippen LogP contribution in [0.15, 0.2) is 77.7 Å². The van der Waals surface area contributed by atoms with E-state index in [1.807, 2.05) is 75.4 Å². The number of nitrogens with one attached hydrogen (secondary N) is 3. The first-order chi connectivity index (χ1) is 21.4. The van der Waals surface area contributed by atoms with Gasteiger partial charge >= 0.3 is 6.03 Å². The summed E-state index contributed by atoms with van der Waals surface area (Å²) in [4.78, 5) is 26.8. The highest BCUT2D eigenvalue weighted by molar-refractivity contribution is 7.89. The van der Waals surface area contributed by atoms with Crippen molar-refractivity contribution in [2.24, 2.45) is 5.92 Å². The Bertz CT molecular complexity index is 1560. The van der Waals surface area contributed by atoms with Gasteiger partial charge < -0.3 is 21.1 Å². The summed E-state index contributed by atoms with van der Waals surface area (Å²) in [6.45, 7) is 14.5. The number of hydrogen-bond acceptors (Lipinski definition) is 5. The molecule has 0 fully saturated rings. The minimum Gasteiger partial charge on any atom is -0.389 e. The number of aliphatic hydroxyl groups is 1. The van der Waals surface area contributed by atoms with E-state index in [9.17, 15) is 23.1 Å². The van der Waals surface area contributed by atoms with E-state index in [0.29, 0.717) is 12.3 Å². The van der Waals surface area contributed by atoms with Gasteiger partial charge in [-0.3, -0.25) is 4.79 Å². The maximum absolute atomic E-state index is 14.0. The highest BCUT2D eigenvalue weighted by Gasteiger charge is 2.37. The summed E-state index contributed by atoms with van der Waals surface area (Å²) in [5.74, 6) is -0.231. The number of amides is 3. The van der Waals surface area contributed by atoms with Gasteiger partial charge in [0.05, 0.1) is 29.6 Å². The van der Waals surface area contributed by atoms with Crippen molar-refractivity contribution in [2.45, 2.75) is 109 Å². The van der Waals surface area contributed by atoms with Crippen LogP contribution in [-0.2, 0) is 21.2 Å². The molecule has 0 saturated heterocycles. The maximum Gasteiger partial charge on any atom is 0.315 e. The largest absolute Gasteiger partial charge is 0.389 e. The number of fused-ring (bicyclic) bond motifs is 1. The number of hydrogen-bond donors (Lipinski definition) is 4. The van der Waals surface area contributed by atoms with Crippen LogP contribution in [0.2, 0.25) is 0 Å². The van der Waals surface area contributed by atoms with Crippen molar-refractivity contribution in [1.29, 1.82) is 0 Å². The van der Waals surface area contributed by atoms with Gasteiger partial charge in [-0.25, -0.2) is 13.2 Å². The average Bonchev–Trinajstić information content (AvgIpc) is 2.96. The first-order valence-corrected chi connectivity index (χ1v) is 17.4. The van der Waals surface area contributed by atoms with Crippen LogP contribution in [0.25, 0.3) is 10.8 Å². The Kier molecular flexibility index (Phi) is 12.4. The number of carbonyl (C=O) groups is 2. The quantitative estimate of drug-likeness (QED) is 0.191. The Morgan fingerprint density at radius 3 is 2.00 bits per heavy atom. The second-order valence-corrected chi connectivity index (χ2v) is 16.3. The first kappa shape index (κ1) is 37.0. The Morgan fingerprint density at radius 1 is 0.804 bits per heavy atom. The van der Waals surface area contributed by atoms with Gasteiger partial charge in [0.15, 0.2) is 0 Å². The van der Waals surface area contributed by atoms with Crippen LogP contribution in [0.4, 0.5) is 4.79 Å². The average molecular weight is 653 g/mol. The normalized spacial score (nSPS) is 14.6. The summed E-state index contributed by atoms with van der Waals surface area (Å²) in [6, 6.07) is 20.0. The number of benzene rings is 3. The molecule has 1 unspecified atom stereocenters. The van der Waals surface area contributed by atoms with Crippen molar-refractivity contribution in [2.75, 3.05) is 6.54 Å². The van der Waals surface area contributed by atoms with Crippen LogP contribution in [0.3, 0.4) is 0 Å². The lowest BCUT2D eigenvalue weighted by Gasteiger charge is -2.36. The third-order valence-corrected chi connectivity index (χ3v) is 9.78. The lowest BCUT2D eigenvalue weighted by atomic mass is 9.92. The molecule has 4 N–H and O–H groups in total. The summed E-state index contributed by atoms with van der Waals surface area (Å²) in [7, 11) is -4.08. The molecule has 0 spiro atoms. The third kappa shape index (κ3) is 10.8. The molecule has 9 nitrogen and oxygen atoms in total. The molecule has 252 valence electrons. The van der Waals surface area contributed by atoms with Crippen molar-refractivity contribution in [1.82, 2.24) is 20.3 Å². The molecular formula is C36H52N4O5S. The molecule has 0 saturated carbocycles. The van der Waals surface area contributed by atoms with E-state index in [0.717, 1.165) is 22.8 Å². The Labute approximate surface area is 275 Å². The molecule has 3 atom stereocenters. The summed E-state index contributed by atoms with van der Waals surface area (Å²) < 4.78 is 29.2. The van der Waals surface area contributed by atoms with Crippen LogP contribution in [0.1, 0.15) is 73.8 Å². The molecule has 0 aromatic heterocycles. The number of nitrogens with zero attached hydrogens (tertiary/aromatic N) is 1. The molecule has 0 aliphatic rings. The first-order valence-electron chi connectivity index (χ1n) is 16.0. The molecule has 0 heterocycles. The molecule has 3 aromatic rings. The van der Waals surface area contributed by atoms with Crippen molar-refractivity contribution in [3.8, 4) is 0 Å². The zero-order chi connectivity index (χ0) is 34.3. The zero-order valence-corrected chi connectivity index (χ0v) is 29.3. The molecule has 0 aliphatic heterocycles. The minimum atomic E-state index is -4.08. The number of sulfonamides is 1. The van der Waals surface area contributed by atoms with Crippen LogP contribution < -0.4 is 16.0 Å². The summed E-state index contributed by atoms with van der Waals surface area (Å²) in [5, 5.41) is 22.2. The number of rotatable bonds is 13. The molecule has 46 heavy (non-hydrogen) atoms. The molecule has 0 bridgehead atoms. The Hall–Kier alpha value is -3.47. The predicted octanol–water partition coefficient (Wildman–Crippen LogP) is 5.62. The number of urea groups is 1. The van der Waals surface area contributed by atoms with E-state index in [1.54, 1.807) is 39.0 Å². The van der Waals surface area contributed by atoms with Gasteiger partial charge in [-0.1, -0.05) is 74.5 Å². The van der Waals surface area contributed by atoms with E-state index < -0.39 is 57.8 Å². The standard InChI is InChI=1S/C36H52N4O5S/c1-25(2)18-21-30(38-34(43)39-35(3,4)5)33(42)31(22-26-14-10-9-11-15-26)37-32(41)24-40(36(6,7)8)46(44,45)29-20-19-27-16-12-13-17-28(27)23-29/h9-17,19-20,23,25,30-31,33,42H,18,21-22,24H2,1-8H3,(H,37,41)(H2,38,39,43)/t30?,31-,33-/m0/s1. The van der Waals surface area contributed by atoms with Gasteiger partial charge in [0.25, 0.3) is 0 Å². The summed E-state index contributed by atoms with van der Waals surface area (Å²) in [5.41, 5.74) is -0.533. The van der Waals surface area contributed by atoms with E-state index in [-0.39, 0.29) is 11.3 Å². The lowest BCUT2D eigenvalue weighted by molar-refractivity contribution is -0.123. The predicted molar refractivity (Wildman–Crippen MR) is 185 cm³/mol. The van der Waals surface area contributed by atoms with Crippen LogP contribution >= 0.6 is 0 Å². The van der Waals surface area contributed by atoms with E-state index in [4.69, 9.17) is 0 Å². The molecule has 10 heteroatoms. The monoisotopic (exact) mass is 652 g/mol. The second kappa shape index (κ2) is 15.4. The Balaban J connectivity index is 1.92. The molecule has 3 rings (SSSR count). The molecule has 3 amide bonds. The smallest absolute Gasteiger partial charge is 0.315 e. The highest BCUT2D eigenvalue weighted by Crippen LogP contribution is 2.27. The number of carbonyl (C=O) groups excluding carboxylic acids is 2. The van der Waals surface area contributed by atoms with Gasteiger partial charge in [0.2, 0.25) is 15.9 Å². The van der Waals surface area contributed by atoms with Crippen LogP contribution in [-0.4, -0.2) is 65.6 Å². The molecular weight excluding hydrogens is 600 g/mol.